The lowest BCUT2D eigenvalue weighted by atomic mass is 10.1. The normalized spacial score (nSPS) is 26.1. The molecular formula is C11H18N2O4. The molecule has 1 atom stereocenters. The van der Waals surface area contributed by atoms with Crippen LogP contribution < -0.4 is 0 Å². The van der Waals surface area contributed by atoms with E-state index >= 15 is 0 Å². The van der Waals surface area contributed by atoms with Crippen molar-refractivity contribution in [2.45, 2.75) is 6.42 Å². The first-order chi connectivity index (χ1) is 8.16. The van der Waals surface area contributed by atoms with E-state index in [1.165, 1.54) is 0 Å². The van der Waals surface area contributed by atoms with Crippen LogP contribution in [0.5, 0.6) is 0 Å². The topological polar surface area (TPSA) is 70.1 Å². The lowest BCUT2D eigenvalue weighted by molar-refractivity contribution is -0.142. The van der Waals surface area contributed by atoms with E-state index in [4.69, 9.17) is 9.84 Å². The lowest BCUT2D eigenvalue weighted by Gasteiger charge is -2.28. The van der Waals surface area contributed by atoms with Gasteiger partial charge in [-0.25, -0.2) is 0 Å². The fraction of sp³-hybridized carbons (Fsp3) is 0.818. The average Bonchev–Trinajstić information content (AvgIpc) is 2.79. The molecular weight excluding hydrogens is 224 g/mol. The number of aliphatic carboxylic acids is 1. The Morgan fingerprint density at radius 1 is 1.24 bits per heavy atom. The molecule has 96 valence electrons. The molecule has 0 spiro atoms. The molecule has 0 unspecified atom stereocenters. The number of hydrogen-bond donors (Lipinski definition) is 1. The van der Waals surface area contributed by atoms with Crippen molar-refractivity contribution < 1.29 is 19.4 Å². The van der Waals surface area contributed by atoms with Gasteiger partial charge in [-0.15, -0.1) is 0 Å². The van der Waals surface area contributed by atoms with Crippen molar-refractivity contribution in [3.05, 3.63) is 0 Å². The summed E-state index contributed by atoms with van der Waals surface area (Å²) in [7, 11) is 0. The van der Waals surface area contributed by atoms with Gasteiger partial charge < -0.3 is 14.7 Å². The minimum absolute atomic E-state index is 0.0827. The van der Waals surface area contributed by atoms with E-state index in [1.54, 1.807) is 4.90 Å². The molecule has 0 aromatic heterocycles. The summed E-state index contributed by atoms with van der Waals surface area (Å²) in [5.74, 6) is -0.988. The number of carbonyl (C=O) groups is 2. The van der Waals surface area contributed by atoms with E-state index < -0.39 is 5.97 Å². The Morgan fingerprint density at radius 3 is 2.53 bits per heavy atom. The number of hydrogen-bond acceptors (Lipinski definition) is 4. The average molecular weight is 242 g/mol. The van der Waals surface area contributed by atoms with Gasteiger partial charge in [-0.05, 0) is 13.0 Å². The van der Waals surface area contributed by atoms with Crippen LogP contribution in [0.1, 0.15) is 6.42 Å². The Kier molecular flexibility index (Phi) is 3.96. The lowest BCUT2D eigenvalue weighted by Crippen LogP contribution is -2.45. The zero-order chi connectivity index (χ0) is 12.3. The van der Waals surface area contributed by atoms with E-state index in [0.717, 1.165) is 0 Å². The standard InChI is InChI=1S/C11H18N2O4/c14-10(13-3-5-17-6-4-13)8-12-2-1-9(7-12)11(15)16/h9H,1-8H2,(H,15,16)/t9-/m1/s1. The monoisotopic (exact) mass is 242 g/mol. The summed E-state index contributed by atoms with van der Waals surface area (Å²) in [6, 6.07) is 0. The number of nitrogens with zero attached hydrogens (tertiary/aromatic N) is 2. The molecule has 0 aromatic carbocycles. The predicted octanol–water partition coefficient (Wildman–Crippen LogP) is -0.748. The van der Waals surface area contributed by atoms with Crippen LogP contribution in [0.25, 0.3) is 0 Å². The summed E-state index contributed by atoms with van der Waals surface area (Å²) in [6.07, 6.45) is 0.645. The Balaban J connectivity index is 1.77. The van der Waals surface area contributed by atoms with Gasteiger partial charge in [0.05, 0.1) is 25.7 Å². The molecule has 1 amide bonds. The van der Waals surface area contributed by atoms with Gasteiger partial charge in [-0.1, -0.05) is 0 Å². The smallest absolute Gasteiger partial charge is 0.307 e. The molecule has 2 aliphatic heterocycles. The molecule has 0 aromatic rings. The predicted molar refractivity (Wildman–Crippen MR) is 59.6 cm³/mol. The van der Waals surface area contributed by atoms with Gasteiger partial charge in [0.2, 0.25) is 5.91 Å². The van der Waals surface area contributed by atoms with Gasteiger partial charge in [0.15, 0.2) is 0 Å². The van der Waals surface area contributed by atoms with E-state index in [0.29, 0.717) is 52.4 Å². The van der Waals surface area contributed by atoms with Crippen molar-refractivity contribution in [1.82, 2.24) is 9.80 Å². The minimum Gasteiger partial charge on any atom is -0.481 e. The van der Waals surface area contributed by atoms with Gasteiger partial charge in [-0.2, -0.15) is 0 Å². The number of carbonyl (C=O) groups excluding carboxylic acids is 1. The number of amides is 1. The first kappa shape index (κ1) is 12.3. The Bertz CT molecular complexity index is 302. The largest absolute Gasteiger partial charge is 0.481 e. The quantitative estimate of drug-likeness (QED) is 0.705. The first-order valence-corrected chi connectivity index (χ1v) is 5.97. The molecule has 1 N–H and O–H groups in total. The van der Waals surface area contributed by atoms with Crippen LogP contribution in [0.3, 0.4) is 0 Å². The number of rotatable bonds is 3. The Labute approximate surface area is 100 Å². The number of morpholine rings is 1. The zero-order valence-corrected chi connectivity index (χ0v) is 9.80. The molecule has 0 bridgehead atoms. The molecule has 2 saturated heterocycles. The summed E-state index contributed by atoms with van der Waals surface area (Å²) < 4.78 is 5.18. The second-order valence-corrected chi connectivity index (χ2v) is 4.55. The highest BCUT2D eigenvalue weighted by Gasteiger charge is 2.30. The summed E-state index contributed by atoms with van der Waals surface area (Å²) in [5.41, 5.74) is 0. The van der Waals surface area contributed by atoms with Crippen LogP contribution in [0.2, 0.25) is 0 Å². The van der Waals surface area contributed by atoms with E-state index in [-0.39, 0.29) is 11.8 Å². The van der Waals surface area contributed by atoms with Gasteiger partial charge in [0.1, 0.15) is 0 Å². The van der Waals surface area contributed by atoms with Crippen molar-refractivity contribution >= 4 is 11.9 Å². The molecule has 0 radical (unpaired) electrons. The third kappa shape index (κ3) is 3.17. The number of likely N-dealkylation sites (tertiary alicyclic amines) is 1. The maximum atomic E-state index is 11.9. The molecule has 0 saturated carbocycles. The molecule has 6 nitrogen and oxygen atoms in total. The molecule has 2 aliphatic rings. The maximum absolute atomic E-state index is 11.9. The van der Waals surface area contributed by atoms with Crippen LogP contribution in [-0.4, -0.2) is 72.7 Å². The molecule has 6 heteroatoms. The highest BCUT2D eigenvalue weighted by molar-refractivity contribution is 5.78. The highest BCUT2D eigenvalue weighted by Crippen LogP contribution is 2.16. The molecule has 2 heterocycles. The number of carboxylic acids is 1. The van der Waals surface area contributed by atoms with Crippen molar-refractivity contribution in [1.29, 1.82) is 0 Å². The third-order valence-electron chi connectivity index (χ3n) is 3.34. The SMILES string of the molecule is O=C(O)[C@@H]1CCN(CC(=O)N2CCOCC2)C1. The third-order valence-corrected chi connectivity index (χ3v) is 3.34. The molecule has 2 fully saturated rings. The van der Waals surface area contributed by atoms with E-state index in [1.807, 2.05) is 4.90 Å². The fourth-order valence-electron chi connectivity index (χ4n) is 2.28. The second kappa shape index (κ2) is 5.46. The van der Waals surface area contributed by atoms with Crippen LogP contribution in [0.4, 0.5) is 0 Å². The fourth-order valence-corrected chi connectivity index (χ4v) is 2.28. The van der Waals surface area contributed by atoms with Gasteiger partial charge in [-0.3, -0.25) is 14.5 Å². The Hall–Kier alpha value is -1.14. The highest BCUT2D eigenvalue weighted by atomic mass is 16.5. The zero-order valence-electron chi connectivity index (χ0n) is 9.80. The van der Waals surface area contributed by atoms with Gasteiger partial charge >= 0.3 is 5.97 Å². The van der Waals surface area contributed by atoms with Crippen molar-refractivity contribution in [3.8, 4) is 0 Å². The van der Waals surface area contributed by atoms with Gasteiger partial charge in [0, 0.05) is 19.6 Å². The minimum atomic E-state index is -0.758. The summed E-state index contributed by atoms with van der Waals surface area (Å²) in [6.45, 7) is 4.03. The number of ether oxygens (including phenoxy) is 1. The van der Waals surface area contributed by atoms with Crippen LogP contribution in [0, 0.1) is 5.92 Å². The van der Waals surface area contributed by atoms with Gasteiger partial charge in [0.25, 0.3) is 0 Å². The van der Waals surface area contributed by atoms with Crippen molar-refractivity contribution in [2.75, 3.05) is 45.9 Å². The Morgan fingerprint density at radius 2 is 1.94 bits per heavy atom. The van der Waals surface area contributed by atoms with Crippen molar-refractivity contribution in [3.63, 3.8) is 0 Å². The second-order valence-electron chi connectivity index (χ2n) is 4.55. The van der Waals surface area contributed by atoms with Crippen LogP contribution in [0.15, 0.2) is 0 Å². The van der Waals surface area contributed by atoms with Crippen LogP contribution in [-0.2, 0) is 14.3 Å². The summed E-state index contributed by atoms with van der Waals surface area (Å²) in [5, 5.41) is 8.88. The van der Waals surface area contributed by atoms with E-state index in [2.05, 4.69) is 0 Å². The summed E-state index contributed by atoms with van der Waals surface area (Å²) in [4.78, 5) is 26.4. The van der Waals surface area contributed by atoms with E-state index in [9.17, 15) is 9.59 Å². The number of carboxylic acid groups (broad SMARTS) is 1. The molecule has 17 heavy (non-hydrogen) atoms. The summed E-state index contributed by atoms with van der Waals surface area (Å²) >= 11 is 0. The maximum Gasteiger partial charge on any atom is 0.307 e. The van der Waals surface area contributed by atoms with Crippen LogP contribution >= 0.6 is 0 Å². The molecule has 2 rings (SSSR count). The first-order valence-electron chi connectivity index (χ1n) is 5.97. The van der Waals surface area contributed by atoms with Crippen molar-refractivity contribution in [2.24, 2.45) is 5.92 Å². The molecule has 0 aliphatic carbocycles.